The Balaban J connectivity index is 2.10. The lowest BCUT2D eigenvalue weighted by Crippen LogP contribution is -2.57. The van der Waals surface area contributed by atoms with Gasteiger partial charge in [-0.2, -0.15) is 0 Å². The average Bonchev–Trinajstić information content (AvgIpc) is 3.26. The maximum atomic E-state index is 12.1. The fraction of sp³-hybridized carbons (Fsp3) is 0.429. The molecule has 1 saturated heterocycles. The molecule has 2 unspecified atom stereocenters. The van der Waals surface area contributed by atoms with Crippen LogP contribution in [-0.2, 0) is 33.3 Å². The molecule has 1 aromatic carbocycles. The van der Waals surface area contributed by atoms with Gasteiger partial charge in [0.25, 0.3) is 0 Å². The second-order valence-electron chi connectivity index (χ2n) is 7.63. The van der Waals surface area contributed by atoms with Crippen LogP contribution >= 0.6 is 47.2 Å². The van der Waals surface area contributed by atoms with Crippen molar-refractivity contribution in [3.8, 4) is 0 Å². The minimum Gasteiger partial charge on any atom is -0.463 e. The highest BCUT2D eigenvalue weighted by atomic mass is 35.5. The quantitative estimate of drug-likeness (QED) is 0.280. The van der Waals surface area contributed by atoms with Crippen molar-refractivity contribution >= 4 is 70.1 Å². The van der Waals surface area contributed by atoms with Crippen LogP contribution in [0.1, 0.15) is 32.5 Å². The molecule has 1 aliphatic heterocycles. The predicted molar refractivity (Wildman–Crippen MR) is 134 cm³/mol. The Morgan fingerprint density at radius 2 is 1.78 bits per heavy atom. The van der Waals surface area contributed by atoms with Crippen LogP contribution in [0.3, 0.4) is 0 Å². The summed E-state index contributed by atoms with van der Waals surface area (Å²) in [5.74, 6) is -1.83. The number of carbonyl (C=O) groups excluding carboxylic acids is 3. The van der Waals surface area contributed by atoms with Crippen molar-refractivity contribution in [1.82, 2.24) is 15.0 Å². The number of rotatable bonds is 8. The van der Waals surface area contributed by atoms with Crippen LogP contribution in [0, 0.1) is 0 Å². The summed E-state index contributed by atoms with van der Waals surface area (Å²) in [6.07, 6.45) is -1.68. The van der Waals surface area contributed by atoms with Gasteiger partial charge in [-0.05, 0) is 18.2 Å². The molecule has 0 bridgehead atoms. The molecule has 0 radical (unpaired) electrons. The summed E-state index contributed by atoms with van der Waals surface area (Å²) in [6.45, 7) is 3.41. The summed E-state index contributed by atoms with van der Waals surface area (Å²) in [6, 6.07) is 3.99. The Kier molecular flexibility index (Phi) is 9.53. The first-order valence-corrected chi connectivity index (χ1v) is 12.5. The number of nitrogens with zero attached hydrogens (tertiary/aromatic N) is 3. The van der Waals surface area contributed by atoms with Crippen LogP contribution in [0.4, 0.5) is 0 Å². The Hall–Kier alpha value is -2.45. The summed E-state index contributed by atoms with van der Waals surface area (Å²) < 4.78 is 23.9. The summed E-state index contributed by atoms with van der Waals surface area (Å²) in [7, 11) is 0. The standard InChI is InChI=1S/C21H22Cl2N4O7S2/c1-9(28)31-8-16-18(32-10(2)29)17(27-7-15(20(24)35)25-26-27)19(33-11(3)30)21(34-16)36-12-4-5-13(22)14(23)6-12/h4-7,16-19,21H,8H2,1-3H3,(H2,24,35)/t16?,17?,18-,19-,21+/m0/s1. The van der Waals surface area contributed by atoms with Gasteiger partial charge >= 0.3 is 17.9 Å². The molecule has 1 aliphatic rings. The first-order valence-electron chi connectivity index (χ1n) is 10.4. The fourth-order valence-electron chi connectivity index (χ4n) is 3.50. The van der Waals surface area contributed by atoms with Gasteiger partial charge in [0, 0.05) is 25.7 Å². The lowest BCUT2D eigenvalue weighted by Gasteiger charge is -2.44. The molecule has 1 fully saturated rings. The highest BCUT2D eigenvalue weighted by Crippen LogP contribution is 2.42. The SMILES string of the molecule is CC(=O)OCC1O[C@H](Sc2ccc(Cl)c(Cl)c2)[C@@H](OC(C)=O)C(n2cc(C(N)=S)nn2)[C@H]1OC(C)=O. The minimum atomic E-state index is -1.10. The summed E-state index contributed by atoms with van der Waals surface area (Å²) in [5.41, 5.74) is 5.00. The Morgan fingerprint density at radius 1 is 1.11 bits per heavy atom. The Morgan fingerprint density at radius 3 is 2.33 bits per heavy atom. The largest absolute Gasteiger partial charge is 0.463 e. The molecule has 1 aromatic heterocycles. The number of ether oxygens (including phenoxy) is 4. The molecule has 2 heterocycles. The smallest absolute Gasteiger partial charge is 0.303 e. The van der Waals surface area contributed by atoms with E-state index in [4.69, 9.17) is 60.1 Å². The van der Waals surface area contributed by atoms with Gasteiger partial charge in [0.1, 0.15) is 34.9 Å². The van der Waals surface area contributed by atoms with Crippen LogP contribution in [0.25, 0.3) is 0 Å². The summed E-state index contributed by atoms with van der Waals surface area (Å²) >= 11 is 18.4. The van der Waals surface area contributed by atoms with Crippen LogP contribution < -0.4 is 5.73 Å². The Labute approximate surface area is 225 Å². The van der Waals surface area contributed by atoms with E-state index in [1.54, 1.807) is 18.2 Å². The maximum absolute atomic E-state index is 12.1. The van der Waals surface area contributed by atoms with E-state index >= 15 is 0 Å². The number of thiocarbonyl (C=S) groups is 1. The minimum absolute atomic E-state index is 0.0143. The molecule has 0 amide bonds. The fourth-order valence-corrected chi connectivity index (χ4v) is 5.10. The van der Waals surface area contributed by atoms with Crippen LogP contribution in [-0.4, -0.2) is 68.2 Å². The van der Waals surface area contributed by atoms with E-state index in [1.165, 1.54) is 43.4 Å². The second-order valence-corrected chi connectivity index (χ2v) is 10.1. The molecule has 2 N–H and O–H groups in total. The molecule has 11 nitrogen and oxygen atoms in total. The van der Waals surface area contributed by atoms with Crippen molar-refractivity contribution < 1.29 is 33.3 Å². The zero-order valence-corrected chi connectivity index (χ0v) is 22.4. The number of halogens is 2. The van der Waals surface area contributed by atoms with Crippen LogP contribution in [0.15, 0.2) is 29.3 Å². The van der Waals surface area contributed by atoms with Gasteiger partial charge in [-0.25, -0.2) is 4.68 Å². The van der Waals surface area contributed by atoms with Crippen molar-refractivity contribution in [2.45, 2.75) is 55.5 Å². The third-order valence-electron chi connectivity index (χ3n) is 4.88. The number of aromatic nitrogens is 3. The number of carbonyl (C=O) groups is 3. The number of benzene rings is 1. The zero-order chi connectivity index (χ0) is 26.6. The number of hydrogen-bond donors (Lipinski definition) is 1. The molecular weight excluding hydrogens is 555 g/mol. The van der Waals surface area contributed by atoms with E-state index < -0.39 is 47.7 Å². The van der Waals surface area contributed by atoms with Gasteiger partial charge in [-0.1, -0.05) is 52.4 Å². The Bertz CT molecular complexity index is 1170. The van der Waals surface area contributed by atoms with Crippen molar-refractivity contribution in [1.29, 1.82) is 0 Å². The number of hydrogen-bond acceptors (Lipinski definition) is 11. The van der Waals surface area contributed by atoms with Gasteiger partial charge in [-0.15, -0.1) is 5.10 Å². The lowest BCUT2D eigenvalue weighted by molar-refractivity contribution is -0.212. The van der Waals surface area contributed by atoms with E-state index in [-0.39, 0.29) is 17.3 Å². The normalized spacial score (nSPS) is 23.5. The molecule has 3 rings (SSSR count). The molecule has 15 heteroatoms. The van der Waals surface area contributed by atoms with Gasteiger partial charge in [0.15, 0.2) is 12.2 Å². The van der Waals surface area contributed by atoms with Gasteiger partial charge in [-0.3, -0.25) is 14.4 Å². The highest BCUT2D eigenvalue weighted by Gasteiger charge is 2.52. The van der Waals surface area contributed by atoms with Gasteiger partial charge < -0.3 is 24.7 Å². The van der Waals surface area contributed by atoms with Crippen molar-refractivity contribution in [2.24, 2.45) is 5.73 Å². The maximum Gasteiger partial charge on any atom is 0.303 e. The summed E-state index contributed by atoms with van der Waals surface area (Å²) in [4.78, 5) is 36.4. The molecule has 2 aromatic rings. The van der Waals surface area contributed by atoms with E-state index in [9.17, 15) is 14.4 Å². The van der Waals surface area contributed by atoms with E-state index in [1.807, 2.05) is 0 Å². The lowest BCUT2D eigenvalue weighted by atomic mass is 9.96. The number of nitrogens with two attached hydrogens (primary N) is 1. The molecule has 194 valence electrons. The van der Waals surface area contributed by atoms with E-state index in [0.717, 1.165) is 0 Å². The monoisotopic (exact) mass is 576 g/mol. The van der Waals surface area contributed by atoms with Crippen molar-refractivity contribution in [3.05, 3.63) is 40.1 Å². The molecule has 5 atom stereocenters. The third kappa shape index (κ3) is 7.07. The molecule has 0 saturated carbocycles. The molecule has 0 spiro atoms. The third-order valence-corrected chi connectivity index (χ3v) is 6.97. The first-order chi connectivity index (χ1) is 17.0. The van der Waals surface area contributed by atoms with Crippen LogP contribution in [0.2, 0.25) is 10.0 Å². The van der Waals surface area contributed by atoms with E-state index in [0.29, 0.717) is 14.9 Å². The number of thioether (sulfide) groups is 1. The molecule has 0 aliphatic carbocycles. The predicted octanol–water partition coefficient (Wildman–Crippen LogP) is 2.70. The van der Waals surface area contributed by atoms with Crippen LogP contribution in [0.5, 0.6) is 0 Å². The molecular formula is C21H22Cl2N4O7S2. The summed E-state index contributed by atoms with van der Waals surface area (Å²) in [5, 5.41) is 8.69. The second kappa shape index (κ2) is 12.2. The highest BCUT2D eigenvalue weighted by molar-refractivity contribution is 7.99. The first kappa shape index (κ1) is 28.1. The van der Waals surface area contributed by atoms with Crippen molar-refractivity contribution in [3.63, 3.8) is 0 Å². The van der Waals surface area contributed by atoms with Gasteiger partial charge in [0.05, 0.1) is 16.2 Å². The van der Waals surface area contributed by atoms with Crippen molar-refractivity contribution in [2.75, 3.05) is 6.61 Å². The topological polar surface area (TPSA) is 145 Å². The van der Waals surface area contributed by atoms with Gasteiger partial charge in [0.2, 0.25) is 0 Å². The van der Waals surface area contributed by atoms with E-state index in [2.05, 4.69) is 10.3 Å². The molecule has 36 heavy (non-hydrogen) atoms. The average molecular weight is 577 g/mol. The number of esters is 3. The zero-order valence-electron chi connectivity index (χ0n) is 19.3.